The molecule has 2 heterocycles. The summed E-state index contributed by atoms with van der Waals surface area (Å²) in [6, 6.07) is -0.682. The molecule has 7 heteroatoms. The molecule has 2 saturated heterocycles. The average Bonchev–Trinajstić information content (AvgIpc) is 2.84. The molecule has 2 rings (SSSR count). The highest BCUT2D eigenvalue weighted by atomic mass is 32.2. The molecule has 2 atom stereocenters. The predicted octanol–water partition coefficient (Wildman–Crippen LogP) is 2.22. The van der Waals surface area contributed by atoms with Gasteiger partial charge in [-0.3, -0.25) is 4.90 Å². The second kappa shape index (κ2) is 7.45. The number of nitrogens with one attached hydrogen (secondary N) is 1. The third-order valence-electron chi connectivity index (χ3n) is 3.70. The molecule has 0 aromatic heterocycles. The summed E-state index contributed by atoms with van der Waals surface area (Å²) in [5.41, 5.74) is 0. The Kier molecular flexibility index (Phi) is 5.89. The van der Waals surface area contributed by atoms with Crippen molar-refractivity contribution in [1.82, 2.24) is 10.2 Å². The van der Waals surface area contributed by atoms with E-state index < -0.39 is 12.0 Å². The highest BCUT2D eigenvalue weighted by Gasteiger charge is 2.41. The van der Waals surface area contributed by atoms with Crippen LogP contribution in [0.2, 0.25) is 0 Å². The molecular formula is C13H22N2O3S2. The summed E-state index contributed by atoms with van der Waals surface area (Å²) < 4.78 is 0. The topological polar surface area (TPSA) is 69.6 Å². The molecule has 2 unspecified atom stereocenters. The summed E-state index contributed by atoms with van der Waals surface area (Å²) in [4.78, 5) is 25.3. The smallest absolute Gasteiger partial charge is 0.327 e. The highest BCUT2D eigenvalue weighted by Crippen LogP contribution is 2.32. The number of thioether (sulfide) groups is 2. The molecule has 5 nitrogen and oxygen atoms in total. The summed E-state index contributed by atoms with van der Waals surface area (Å²) in [6.45, 7) is 2.06. The van der Waals surface area contributed by atoms with Crippen molar-refractivity contribution >= 4 is 35.5 Å². The standard InChI is InChI=1S/C13H22N2O3S2/c1-2-3-11-15(10(8-20-11)12(16)17)13(18)14-9-4-6-19-7-5-9/h9-11H,2-8H2,1H3,(H,14,18)(H,16,17). The first kappa shape index (κ1) is 15.8. The van der Waals surface area contributed by atoms with Crippen molar-refractivity contribution in [2.75, 3.05) is 17.3 Å². The fourth-order valence-electron chi connectivity index (χ4n) is 2.59. The Morgan fingerprint density at radius 2 is 2.05 bits per heavy atom. The lowest BCUT2D eigenvalue weighted by Gasteiger charge is -2.31. The van der Waals surface area contributed by atoms with Gasteiger partial charge in [-0.15, -0.1) is 11.8 Å². The minimum atomic E-state index is -0.898. The fraction of sp³-hybridized carbons (Fsp3) is 0.846. The van der Waals surface area contributed by atoms with Crippen molar-refractivity contribution in [3.8, 4) is 0 Å². The summed E-state index contributed by atoms with van der Waals surface area (Å²) >= 11 is 3.49. The van der Waals surface area contributed by atoms with E-state index in [4.69, 9.17) is 0 Å². The van der Waals surface area contributed by atoms with Gasteiger partial charge in [0.1, 0.15) is 6.04 Å². The van der Waals surface area contributed by atoms with Gasteiger partial charge in [0.2, 0.25) is 0 Å². The zero-order chi connectivity index (χ0) is 14.5. The van der Waals surface area contributed by atoms with E-state index in [0.717, 1.165) is 37.2 Å². The zero-order valence-electron chi connectivity index (χ0n) is 11.7. The van der Waals surface area contributed by atoms with E-state index in [2.05, 4.69) is 12.2 Å². The van der Waals surface area contributed by atoms with Gasteiger partial charge in [0.05, 0.1) is 5.37 Å². The minimum absolute atomic E-state index is 0.000865. The summed E-state index contributed by atoms with van der Waals surface area (Å²) in [7, 11) is 0. The molecule has 2 amide bonds. The normalized spacial score (nSPS) is 27.6. The maximum absolute atomic E-state index is 12.4. The van der Waals surface area contributed by atoms with Crippen LogP contribution >= 0.6 is 23.5 Å². The highest BCUT2D eigenvalue weighted by molar-refractivity contribution is 8.00. The number of hydrogen-bond donors (Lipinski definition) is 2. The molecule has 114 valence electrons. The molecule has 0 aromatic carbocycles. The quantitative estimate of drug-likeness (QED) is 0.832. The van der Waals surface area contributed by atoms with Crippen molar-refractivity contribution in [2.45, 2.75) is 50.1 Å². The number of hydrogen-bond acceptors (Lipinski definition) is 4. The van der Waals surface area contributed by atoms with E-state index in [1.807, 2.05) is 11.8 Å². The van der Waals surface area contributed by atoms with Gasteiger partial charge >= 0.3 is 12.0 Å². The molecule has 2 aliphatic heterocycles. The van der Waals surface area contributed by atoms with Gasteiger partial charge in [-0.2, -0.15) is 11.8 Å². The van der Waals surface area contributed by atoms with Crippen LogP contribution in [0.4, 0.5) is 4.79 Å². The van der Waals surface area contributed by atoms with Gasteiger partial charge in [-0.25, -0.2) is 9.59 Å². The van der Waals surface area contributed by atoms with Crippen LogP contribution in [0.3, 0.4) is 0 Å². The molecule has 2 fully saturated rings. The van der Waals surface area contributed by atoms with E-state index in [0.29, 0.717) is 5.75 Å². The molecule has 20 heavy (non-hydrogen) atoms. The lowest BCUT2D eigenvalue weighted by Crippen LogP contribution is -2.53. The van der Waals surface area contributed by atoms with Crippen LogP contribution < -0.4 is 5.32 Å². The van der Waals surface area contributed by atoms with Gasteiger partial charge < -0.3 is 10.4 Å². The fourth-order valence-corrected chi connectivity index (χ4v) is 5.21. The molecule has 0 spiro atoms. The van der Waals surface area contributed by atoms with E-state index >= 15 is 0 Å². The first-order valence-electron chi connectivity index (χ1n) is 7.14. The number of rotatable bonds is 4. The van der Waals surface area contributed by atoms with Gasteiger partial charge in [0.25, 0.3) is 0 Å². The molecule has 2 N–H and O–H groups in total. The van der Waals surface area contributed by atoms with Crippen LogP contribution in [-0.4, -0.2) is 56.7 Å². The second-order valence-corrected chi connectivity index (χ2v) is 7.61. The Bertz CT molecular complexity index is 362. The summed E-state index contributed by atoms with van der Waals surface area (Å²) in [5, 5.41) is 12.3. The zero-order valence-corrected chi connectivity index (χ0v) is 13.3. The Labute approximate surface area is 128 Å². The SMILES string of the molecule is CCCC1SCC(C(=O)O)N1C(=O)NC1CCSCC1. The van der Waals surface area contributed by atoms with Crippen molar-refractivity contribution in [3.05, 3.63) is 0 Å². The van der Waals surface area contributed by atoms with Gasteiger partial charge in [0, 0.05) is 11.8 Å². The predicted molar refractivity (Wildman–Crippen MR) is 83.3 cm³/mol. The summed E-state index contributed by atoms with van der Waals surface area (Å²) in [6.07, 6.45) is 3.76. The van der Waals surface area contributed by atoms with Crippen LogP contribution in [0.25, 0.3) is 0 Å². The van der Waals surface area contributed by atoms with Gasteiger partial charge in [-0.1, -0.05) is 13.3 Å². The van der Waals surface area contributed by atoms with Crippen molar-refractivity contribution in [3.63, 3.8) is 0 Å². The van der Waals surface area contributed by atoms with E-state index in [-0.39, 0.29) is 17.4 Å². The molecule has 0 bridgehead atoms. The Morgan fingerprint density at radius 1 is 1.35 bits per heavy atom. The summed E-state index contributed by atoms with van der Waals surface area (Å²) in [5.74, 6) is 1.74. The number of amides is 2. The van der Waals surface area contributed by atoms with Crippen LogP contribution in [0.15, 0.2) is 0 Å². The molecule has 0 saturated carbocycles. The van der Waals surface area contributed by atoms with Crippen molar-refractivity contribution in [1.29, 1.82) is 0 Å². The molecule has 0 aliphatic carbocycles. The number of nitrogens with zero attached hydrogens (tertiary/aromatic N) is 1. The van der Waals surface area contributed by atoms with Gasteiger partial charge in [0.15, 0.2) is 0 Å². The Morgan fingerprint density at radius 3 is 2.65 bits per heavy atom. The van der Waals surface area contributed by atoms with Crippen molar-refractivity contribution < 1.29 is 14.7 Å². The number of carbonyl (C=O) groups is 2. The largest absolute Gasteiger partial charge is 0.480 e. The second-order valence-electron chi connectivity index (χ2n) is 5.17. The lowest BCUT2D eigenvalue weighted by molar-refractivity contribution is -0.141. The Balaban J connectivity index is 2.00. The van der Waals surface area contributed by atoms with Gasteiger partial charge in [-0.05, 0) is 30.8 Å². The third-order valence-corrected chi connectivity index (χ3v) is 6.10. The maximum atomic E-state index is 12.4. The van der Waals surface area contributed by atoms with Crippen molar-refractivity contribution in [2.24, 2.45) is 0 Å². The van der Waals surface area contributed by atoms with E-state index in [1.54, 1.807) is 16.7 Å². The molecule has 0 aromatic rings. The Hall–Kier alpha value is -0.560. The van der Waals surface area contributed by atoms with Crippen LogP contribution in [0, 0.1) is 0 Å². The van der Waals surface area contributed by atoms with Crippen LogP contribution in [0.5, 0.6) is 0 Å². The maximum Gasteiger partial charge on any atom is 0.327 e. The number of aliphatic carboxylic acids is 1. The third kappa shape index (κ3) is 3.75. The number of carbonyl (C=O) groups excluding carboxylic acids is 1. The lowest BCUT2D eigenvalue weighted by atomic mass is 10.1. The van der Waals surface area contributed by atoms with E-state index in [9.17, 15) is 14.7 Å². The van der Waals surface area contributed by atoms with E-state index in [1.165, 1.54) is 0 Å². The first-order valence-corrected chi connectivity index (χ1v) is 9.34. The first-order chi connectivity index (χ1) is 9.63. The van der Waals surface area contributed by atoms with Crippen LogP contribution in [0.1, 0.15) is 32.6 Å². The number of carboxylic acids is 1. The monoisotopic (exact) mass is 318 g/mol. The minimum Gasteiger partial charge on any atom is -0.480 e. The number of carboxylic acid groups (broad SMARTS) is 1. The molecule has 2 aliphatic rings. The number of urea groups is 1. The van der Waals surface area contributed by atoms with Crippen LogP contribution in [-0.2, 0) is 4.79 Å². The average molecular weight is 318 g/mol. The molecule has 0 radical (unpaired) electrons. The molecular weight excluding hydrogens is 296 g/mol.